The van der Waals surface area contributed by atoms with Gasteiger partial charge in [0.15, 0.2) is 0 Å². The van der Waals surface area contributed by atoms with Crippen molar-refractivity contribution in [3.8, 4) is 0 Å². The summed E-state index contributed by atoms with van der Waals surface area (Å²) in [5, 5.41) is 18.0. The van der Waals surface area contributed by atoms with Gasteiger partial charge in [-0.2, -0.15) is 0 Å². The van der Waals surface area contributed by atoms with Crippen LogP contribution in [0, 0.1) is 10.1 Å². The number of hydrogen-bond acceptors (Lipinski definition) is 5. The standard InChI is InChI=1S/C12H15ClN4O2/c13-7-3-11(17(18)19)12(14-6-7)16-10-4-8-1-2-9(5-10)15-8/h3,6,8-10,15H,1-2,4-5H2,(H,14,16)/t8-,9+,10?. The van der Waals surface area contributed by atoms with Crippen molar-refractivity contribution in [2.24, 2.45) is 0 Å². The molecule has 0 spiro atoms. The fourth-order valence-corrected chi connectivity index (χ4v) is 3.20. The maximum atomic E-state index is 11.0. The predicted molar refractivity (Wildman–Crippen MR) is 72.5 cm³/mol. The number of fused-ring (bicyclic) bond motifs is 2. The minimum absolute atomic E-state index is 0.0571. The molecule has 2 aliphatic heterocycles. The lowest BCUT2D eigenvalue weighted by atomic mass is 10.00. The number of aromatic nitrogens is 1. The van der Waals surface area contributed by atoms with Gasteiger partial charge in [-0.3, -0.25) is 10.1 Å². The van der Waals surface area contributed by atoms with Gasteiger partial charge >= 0.3 is 5.69 Å². The zero-order valence-corrected chi connectivity index (χ0v) is 11.1. The Kier molecular flexibility index (Phi) is 3.28. The lowest BCUT2D eigenvalue weighted by Gasteiger charge is -2.29. The molecule has 0 radical (unpaired) electrons. The summed E-state index contributed by atoms with van der Waals surface area (Å²) in [4.78, 5) is 14.6. The van der Waals surface area contributed by atoms with E-state index in [1.165, 1.54) is 25.1 Å². The molecule has 3 heterocycles. The highest BCUT2D eigenvalue weighted by Crippen LogP contribution is 2.31. The zero-order valence-electron chi connectivity index (χ0n) is 10.3. The summed E-state index contributed by atoms with van der Waals surface area (Å²) in [6.45, 7) is 0. The number of anilines is 1. The summed E-state index contributed by atoms with van der Waals surface area (Å²) >= 11 is 5.76. The monoisotopic (exact) mass is 282 g/mol. The number of nitrogens with one attached hydrogen (secondary N) is 2. The first-order valence-corrected chi connectivity index (χ1v) is 6.82. The van der Waals surface area contributed by atoms with Gasteiger partial charge in [-0.25, -0.2) is 4.98 Å². The van der Waals surface area contributed by atoms with Crippen molar-refractivity contribution in [3.63, 3.8) is 0 Å². The first-order valence-electron chi connectivity index (χ1n) is 6.44. The van der Waals surface area contributed by atoms with Crippen LogP contribution in [-0.2, 0) is 0 Å². The first kappa shape index (κ1) is 12.6. The second kappa shape index (κ2) is 4.94. The van der Waals surface area contributed by atoms with Crippen molar-refractivity contribution in [3.05, 3.63) is 27.4 Å². The minimum Gasteiger partial charge on any atom is -0.361 e. The molecule has 1 aromatic heterocycles. The van der Waals surface area contributed by atoms with E-state index in [0.717, 1.165) is 12.8 Å². The van der Waals surface area contributed by atoms with Crippen LogP contribution < -0.4 is 10.6 Å². The van der Waals surface area contributed by atoms with Gasteiger partial charge in [0.1, 0.15) is 0 Å². The Morgan fingerprint density at radius 3 is 2.74 bits per heavy atom. The third-order valence-electron chi connectivity index (χ3n) is 3.84. The molecular formula is C12H15ClN4O2. The van der Waals surface area contributed by atoms with E-state index in [2.05, 4.69) is 15.6 Å². The average Bonchev–Trinajstić information content (AvgIpc) is 2.71. The van der Waals surface area contributed by atoms with Crippen molar-refractivity contribution >= 4 is 23.1 Å². The number of nitro groups is 1. The first-order chi connectivity index (χ1) is 9.11. The molecule has 19 heavy (non-hydrogen) atoms. The summed E-state index contributed by atoms with van der Waals surface area (Å²) in [6.07, 6.45) is 5.79. The Morgan fingerprint density at radius 1 is 1.42 bits per heavy atom. The molecule has 2 bridgehead atoms. The molecule has 1 unspecified atom stereocenters. The van der Waals surface area contributed by atoms with Crippen LogP contribution in [0.2, 0.25) is 5.02 Å². The smallest absolute Gasteiger partial charge is 0.312 e. The van der Waals surface area contributed by atoms with E-state index >= 15 is 0 Å². The summed E-state index contributed by atoms with van der Waals surface area (Å²) in [5.74, 6) is 0.320. The third-order valence-corrected chi connectivity index (χ3v) is 4.05. The Morgan fingerprint density at radius 2 is 2.11 bits per heavy atom. The second-order valence-corrected chi connectivity index (χ2v) is 5.67. The van der Waals surface area contributed by atoms with Gasteiger partial charge in [0.2, 0.25) is 5.82 Å². The van der Waals surface area contributed by atoms with Crippen molar-refractivity contribution < 1.29 is 4.92 Å². The molecule has 7 heteroatoms. The molecule has 0 amide bonds. The number of rotatable bonds is 3. The van der Waals surface area contributed by atoms with Crippen molar-refractivity contribution in [1.29, 1.82) is 0 Å². The van der Waals surface area contributed by atoms with E-state index in [-0.39, 0.29) is 16.8 Å². The number of piperidine rings is 1. The minimum atomic E-state index is -0.448. The van der Waals surface area contributed by atoms with Crippen molar-refractivity contribution in [2.75, 3.05) is 5.32 Å². The zero-order chi connectivity index (χ0) is 13.4. The second-order valence-electron chi connectivity index (χ2n) is 5.23. The van der Waals surface area contributed by atoms with E-state index < -0.39 is 4.92 Å². The van der Waals surface area contributed by atoms with Crippen LogP contribution in [-0.4, -0.2) is 28.0 Å². The summed E-state index contributed by atoms with van der Waals surface area (Å²) in [6, 6.07) is 2.64. The van der Waals surface area contributed by atoms with Crippen molar-refractivity contribution in [1.82, 2.24) is 10.3 Å². The number of pyridine rings is 1. The predicted octanol–water partition coefficient (Wildman–Crippen LogP) is 2.34. The SMILES string of the molecule is O=[N+]([O-])c1cc(Cl)cnc1NC1C[C@H]2CC[C@@H](C1)N2. The maximum absolute atomic E-state index is 11.0. The number of halogens is 1. The van der Waals surface area contributed by atoms with Gasteiger partial charge < -0.3 is 10.6 Å². The van der Waals surface area contributed by atoms with Gasteiger partial charge in [-0.05, 0) is 25.7 Å². The Labute approximate surface area is 115 Å². The third kappa shape index (κ3) is 2.64. The van der Waals surface area contributed by atoms with Gasteiger partial charge in [0.25, 0.3) is 0 Å². The van der Waals surface area contributed by atoms with Gasteiger partial charge in [0.05, 0.1) is 9.95 Å². The molecule has 102 valence electrons. The van der Waals surface area contributed by atoms with Gasteiger partial charge in [-0.1, -0.05) is 11.6 Å². The van der Waals surface area contributed by atoms with Crippen molar-refractivity contribution in [2.45, 2.75) is 43.8 Å². The van der Waals surface area contributed by atoms with Crippen LogP contribution in [0.1, 0.15) is 25.7 Å². The molecule has 1 aromatic rings. The van der Waals surface area contributed by atoms with E-state index in [1.807, 2.05) is 0 Å². The lowest BCUT2D eigenvalue weighted by molar-refractivity contribution is -0.384. The fraction of sp³-hybridized carbons (Fsp3) is 0.583. The van der Waals surface area contributed by atoms with E-state index in [9.17, 15) is 10.1 Å². The number of hydrogen-bond donors (Lipinski definition) is 2. The highest BCUT2D eigenvalue weighted by atomic mass is 35.5. The molecule has 2 saturated heterocycles. The molecule has 2 N–H and O–H groups in total. The summed E-state index contributed by atoms with van der Waals surface area (Å²) < 4.78 is 0. The van der Waals surface area contributed by atoms with Crippen LogP contribution in [0.4, 0.5) is 11.5 Å². The van der Waals surface area contributed by atoms with Crippen LogP contribution in [0.25, 0.3) is 0 Å². The molecule has 2 aliphatic rings. The highest BCUT2D eigenvalue weighted by Gasteiger charge is 2.34. The van der Waals surface area contributed by atoms with Gasteiger partial charge in [-0.15, -0.1) is 0 Å². The van der Waals surface area contributed by atoms with Crippen LogP contribution >= 0.6 is 11.6 Å². The van der Waals surface area contributed by atoms with Gasteiger partial charge in [0, 0.05) is 30.4 Å². The van der Waals surface area contributed by atoms with Crippen LogP contribution in [0.3, 0.4) is 0 Å². The molecular weight excluding hydrogens is 268 g/mol. The average molecular weight is 283 g/mol. The Balaban J connectivity index is 1.78. The largest absolute Gasteiger partial charge is 0.361 e. The molecule has 6 nitrogen and oxygen atoms in total. The quantitative estimate of drug-likeness (QED) is 0.657. The lowest BCUT2D eigenvalue weighted by Crippen LogP contribution is -2.43. The molecule has 0 aliphatic carbocycles. The number of nitrogens with zero attached hydrogens (tertiary/aromatic N) is 2. The fourth-order valence-electron chi connectivity index (χ4n) is 3.05. The van der Waals surface area contributed by atoms with E-state index in [4.69, 9.17) is 11.6 Å². The summed E-state index contributed by atoms with van der Waals surface area (Å²) in [5.41, 5.74) is -0.0571. The Hall–Kier alpha value is -1.40. The molecule has 2 fully saturated rings. The topological polar surface area (TPSA) is 80.1 Å². The Bertz CT molecular complexity index is 499. The molecule has 0 aromatic carbocycles. The molecule has 3 rings (SSSR count). The van der Waals surface area contributed by atoms with E-state index in [1.54, 1.807) is 0 Å². The molecule has 3 atom stereocenters. The molecule has 0 saturated carbocycles. The van der Waals surface area contributed by atoms with E-state index in [0.29, 0.717) is 17.9 Å². The maximum Gasteiger partial charge on any atom is 0.312 e. The van der Waals surface area contributed by atoms with Crippen LogP contribution in [0.5, 0.6) is 0 Å². The van der Waals surface area contributed by atoms with Crippen LogP contribution in [0.15, 0.2) is 12.3 Å². The normalized spacial score (nSPS) is 29.2. The summed E-state index contributed by atoms with van der Waals surface area (Å²) in [7, 11) is 0. The highest BCUT2D eigenvalue weighted by molar-refractivity contribution is 6.30.